The zero-order chi connectivity index (χ0) is 10.1. The maximum absolute atomic E-state index is 9.54. The van der Waals surface area contributed by atoms with Gasteiger partial charge in [-0.3, -0.25) is 4.90 Å². The molecule has 1 heterocycles. The van der Waals surface area contributed by atoms with E-state index in [1.54, 1.807) is 0 Å². The highest BCUT2D eigenvalue weighted by Gasteiger charge is 2.29. The van der Waals surface area contributed by atoms with Crippen molar-refractivity contribution in [2.24, 2.45) is 0 Å². The van der Waals surface area contributed by atoms with Gasteiger partial charge in [0.25, 0.3) is 0 Å². The third-order valence-electron chi connectivity index (χ3n) is 2.86. The molecule has 78 valence electrons. The lowest BCUT2D eigenvalue weighted by molar-refractivity contribution is 0.0507. The quantitative estimate of drug-likeness (QED) is 0.680. The van der Waals surface area contributed by atoms with Crippen molar-refractivity contribution in [2.75, 3.05) is 13.1 Å². The summed E-state index contributed by atoms with van der Waals surface area (Å²) in [6, 6.07) is 0.252. The minimum Gasteiger partial charge on any atom is -0.391 e. The first kappa shape index (κ1) is 11.0. The van der Waals surface area contributed by atoms with E-state index in [0.717, 1.165) is 25.9 Å². The van der Waals surface area contributed by atoms with Crippen LogP contribution in [0.1, 0.15) is 33.6 Å². The van der Waals surface area contributed by atoms with Crippen LogP contribution in [0.5, 0.6) is 0 Å². The fourth-order valence-corrected chi connectivity index (χ4v) is 1.72. The molecular weight excluding hydrogens is 166 g/mol. The van der Waals surface area contributed by atoms with E-state index >= 15 is 0 Å². The molecule has 0 unspecified atom stereocenters. The van der Waals surface area contributed by atoms with E-state index in [2.05, 4.69) is 4.90 Å². The van der Waals surface area contributed by atoms with Crippen molar-refractivity contribution >= 4 is 0 Å². The van der Waals surface area contributed by atoms with Crippen LogP contribution >= 0.6 is 0 Å². The lowest BCUT2D eigenvalue weighted by Gasteiger charge is -2.26. The normalized spacial score (nSPS) is 31.2. The Bertz CT molecular complexity index is 165. The van der Waals surface area contributed by atoms with Crippen LogP contribution in [-0.4, -0.2) is 45.9 Å². The van der Waals surface area contributed by atoms with Crippen LogP contribution in [0.2, 0.25) is 0 Å². The van der Waals surface area contributed by atoms with Crippen molar-refractivity contribution in [3.63, 3.8) is 0 Å². The Morgan fingerprint density at radius 1 is 1.46 bits per heavy atom. The van der Waals surface area contributed by atoms with E-state index < -0.39 is 5.60 Å². The van der Waals surface area contributed by atoms with Gasteiger partial charge in [-0.2, -0.15) is 0 Å². The average molecular weight is 187 g/mol. The summed E-state index contributed by atoms with van der Waals surface area (Å²) in [6.07, 6.45) is 1.46. The molecular formula is C10H21NO2. The van der Waals surface area contributed by atoms with Crippen molar-refractivity contribution in [3.8, 4) is 0 Å². The second-order valence-corrected chi connectivity index (χ2v) is 4.70. The topological polar surface area (TPSA) is 43.7 Å². The summed E-state index contributed by atoms with van der Waals surface area (Å²) in [4.78, 5) is 2.24. The highest BCUT2D eigenvalue weighted by Crippen LogP contribution is 2.19. The number of likely N-dealkylation sites (tertiary alicyclic amines) is 1. The molecule has 0 saturated carbocycles. The Morgan fingerprint density at radius 2 is 2.08 bits per heavy atom. The highest BCUT2D eigenvalue weighted by atomic mass is 16.3. The van der Waals surface area contributed by atoms with Crippen LogP contribution in [0, 0.1) is 0 Å². The van der Waals surface area contributed by atoms with Crippen molar-refractivity contribution in [2.45, 2.75) is 51.4 Å². The van der Waals surface area contributed by atoms with Gasteiger partial charge in [0.1, 0.15) is 0 Å². The Morgan fingerprint density at radius 3 is 2.46 bits per heavy atom. The third-order valence-corrected chi connectivity index (χ3v) is 2.86. The summed E-state index contributed by atoms with van der Waals surface area (Å²) < 4.78 is 0. The van der Waals surface area contributed by atoms with Crippen LogP contribution in [0.4, 0.5) is 0 Å². The Balaban J connectivity index is 2.30. The van der Waals surface area contributed by atoms with Crippen LogP contribution in [0.3, 0.4) is 0 Å². The molecule has 3 nitrogen and oxygen atoms in total. The number of nitrogens with zero attached hydrogens (tertiary/aromatic N) is 1. The maximum atomic E-state index is 9.54. The summed E-state index contributed by atoms with van der Waals surface area (Å²) >= 11 is 0. The average Bonchev–Trinajstić information content (AvgIpc) is 2.29. The van der Waals surface area contributed by atoms with E-state index in [4.69, 9.17) is 0 Å². The van der Waals surface area contributed by atoms with E-state index in [-0.39, 0.29) is 12.1 Å². The van der Waals surface area contributed by atoms with Crippen LogP contribution < -0.4 is 0 Å². The van der Waals surface area contributed by atoms with E-state index in [1.165, 1.54) is 0 Å². The van der Waals surface area contributed by atoms with E-state index in [9.17, 15) is 10.2 Å². The molecule has 0 aromatic heterocycles. The lowest BCUT2D eigenvalue weighted by Crippen LogP contribution is -2.36. The molecule has 0 bridgehead atoms. The molecule has 0 aromatic carbocycles. The summed E-state index contributed by atoms with van der Waals surface area (Å²) in [5.74, 6) is 0. The molecule has 0 aliphatic carbocycles. The van der Waals surface area contributed by atoms with Gasteiger partial charge in [0.2, 0.25) is 0 Å². The number of hydrogen-bond donors (Lipinski definition) is 2. The molecule has 2 atom stereocenters. The summed E-state index contributed by atoms with van der Waals surface area (Å²) in [5.41, 5.74) is -0.590. The maximum Gasteiger partial charge on any atom is 0.0704 e. The van der Waals surface area contributed by atoms with Crippen LogP contribution in [0.15, 0.2) is 0 Å². The largest absolute Gasteiger partial charge is 0.391 e. The fourth-order valence-electron chi connectivity index (χ4n) is 1.72. The summed E-state index contributed by atoms with van der Waals surface area (Å²) in [7, 11) is 0. The van der Waals surface area contributed by atoms with Gasteiger partial charge in [-0.25, -0.2) is 0 Å². The first-order valence-corrected chi connectivity index (χ1v) is 5.04. The Kier molecular flexibility index (Phi) is 3.33. The number of hydrogen-bond acceptors (Lipinski definition) is 3. The second-order valence-electron chi connectivity index (χ2n) is 4.70. The molecule has 1 fully saturated rings. The number of aliphatic hydroxyl groups excluding tert-OH is 1. The van der Waals surface area contributed by atoms with Gasteiger partial charge < -0.3 is 10.2 Å². The molecule has 1 aliphatic rings. The highest BCUT2D eigenvalue weighted by molar-refractivity contribution is 4.84. The van der Waals surface area contributed by atoms with Crippen LogP contribution in [0.25, 0.3) is 0 Å². The van der Waals surface area contributed by atoms with Gasteiger partial charge in [-0.1, -0.05) is 0 Å². The standard InChI is InChI=1S/C10H21NO2/c1-8-9(12)4-6-11(8)7-5-10(2,3)13/h8-9,12-13H,4-7H2,1-3H3/t8-,9+/m0/s1. The predicted molar refractivity (Wildman–Crippen MR) is 52.6 cm³/mol. The van der Waals surface area contributed by atoms with E-state index in [1.807, 2.05) is 20.8 Å². The van der Waals surface area contributed by atoms with Crippen LogP contribution in [-0.2, 0) is 0 Å². The van der Waals surface area contributed by atoms with Crippen molar-refractivity contribution in [3.05, 3.63) is 0 Å². The number of rotatable bonds is 3. The fraction of sp³-hybridized carbons (Fsp3) is 1.00. The molecule has 2 N–H and O–H groups in total. The number of aliphatic hydroxyl groups is 2. The van der Waals surface area contributed by atoms with E-state index in [0.29, 0.717) is 0 Å². The SMILES string of the molecule is C[C@H]1[C@H](O)CCN1CCC(C)(C)O. The van der Waals surface area contributed by atoms with Crippen molar-refractivity contribution in [1.29, 1.82) is 0 Å². The monoisotopic (exact) mass is 187 g/mol. The molecule has 0 radical (unpaired) electrons. The molecule has 0 aromatic rings. The third kappa shape index (κ3) is 3.25. The zero-order valence-corrected chi connectivity index (χ0v) is 8.82. The van der Waals surface area contributed by atoms with Gasteiger partial charge in [-0.15, -0.1) is 0 Å². The minimum atomic E-state index is -0.590. The summed E-state index contributed by atoms with van der Waals surface area (Å²) in [5, 5.41) is 19.0. The molecule has 0 spiro atoms. The van der Waals surface area contributed by atoms with Gasteiger partial charge in [0.05, 0.1) is 11.7 Å². The minimum absolute atomic E-state index is 0.179. The van der Waals surface area contributed by atoms with Gasteiger partial charge in [-0.05, 0) is 33.6 Å². The Labute approximate surface area is 80.4 Å². The van der Waals surface area contributed by atoms with Gasteiger partial charge in [0, 0.05) is 19.1 Å². The van der Waals surface area contributed by atoms with Crippen molar-refractivity contribution in [1.82, 2.24) is 4.90 Å². The lowest BCUT2D eigenvalue weighted by atomic mass is 10.1. The smallest absolute Gasteiger partial charge is 0.0704 e. The predicted octanol–water partition coefficient (Wildman–Crippen LogP) is 0.602. The summed E-state index contributed by atoms with van der Waals surface area (Å²) in [6.45, 7) is 7.52. The first-order valence-electron chi connectivity index (χ1n) is 5.04. The van der Waals surface area contributed by atoms with Crippen molar-refractivity contribution < 1.29 is 10.2 Å². The molecule has 13 heavy (non-hydrogen) atoms. The Hall–Kier alpha value is -0.120. The second kappa shape index (κ2) is 3.95. The van der Waals surface area contributed by atoms with Gasteiger partial charge >= 0.3 is 0 Å². The molecule has 1 aliphatic heterocycles. The molecule has 1 saturated heterocycles. The molecule has 3 heteroatoms. The van der Waals surface area contributed by atoms with Gasteiger partial charge in [0.15, 0.2) is 0 Å². The zero-order valence-electron chi connectivity index (χ0n) is 8.82. The molecule has 1 rings (SSSR count). The molecule has 0 amide bonds. The first-order chi connectivity index (χ1) is 5.90.